The summed E-state index contributed by atoms with van der Waals surface area (Å²) in [6, 6.07) is 14.5. The average molecular weight is 357 g/mol. The van der Waals surface area contributed by atoms with Gasteiger partial charge in [-0.15, -0.1) is 10.2 Å². The van der Waals surface area contributed by atoms with Crippen LogP contribution >= 0.6 is 22.9 Å². The highest BCUT2D eigenvalue weighted by molar-refractivity contribution is 7.18. The molecule has 0 aliphatic heterocycles. The van der Waals surface area contributed by atoms with Crippen LogP contribution < -0.4 is 5.32 Å². The molecule has 2 aromatic heterocycles. The fourth-order valence-electron chi connectivity index (χ4n) is 2.22. The zero-order valence-electron chi connectivity index (χ0n) is 12.1. The lowest BCUT2D eigenvalue weighted by Gasteiger charge is -1.97. The number of carbonyl (C=O) groups excluding carboxylic acids is 1. The van der Waals surface area contributed by atoms with Crippen LogP contribution in [0.25, 0.3) is 21.5 Å². The predicted molar refractivity (Wildman–Crippen MR) is 92.3 cm³/mol. The van der Waals surface area contributed by atoms with Gasteiger partial charge in [0.05, 0.1) is 5.39 Å². The van der Waals surface area contributed by atoms with Crippen molar-refractivity contribution in [3.8, 4) is 10.6 Å². The van der Waals surface area contributed by atoms with Crippen molar-refractivity contribution >= 4 is 44.9 Å². The van der Waals surface area contributed by atoms with Crippen molar-refractivity contribution in [3.05, 3.63) is 59.3 Å². The number of anilines is 1. The first-order valence-electron chi connectivity index (χ1n) is 6.96. The van der Waals surface area contributed by atoms with Gasteiger partial charge < -0.3 is 4.52 Å². The fraction of sp³-hybridized carbons (Fsp3) is 0. The topological polar surface area (TPSA) is 80.9 Å². The summed E-state index contributed by atoms with van der Waals surface area (Å²) in [7, 11) is 0. The number of aromatic nitrogens is 3. The summed E-state index contributed by atoms with van der Waals surface area (Å²) in [4.78, 5) is 12.4. The highest BCUT2D eigenvalue weighted by Crippen LogP contribution is 2.28. The molecule has 0 aliphatic rings. The summed E-state index contributed by atoms with van der Waals surface area (Å²) in [5.41, 5.74) is 1.46. The van der Waals surface area contributed by atoms with Gasteiger partial charge in [0.1, 0.15) is 10.5 Å². The predicted octanol–water partition coefficient (Wildman–Crippen LogP) is 4.25. The van der Waals surface area contributed by atoms with Crippen molar-refractivity contribution in [1.29, 1.82) is 0 Å². The molecule has 4 rings (SSSR count). The van der Waals surface area contributed by atoms with Crippen molar-refractivity contribution in [2.45, 2.75) is 0 Å². The van der Waals surface area contributed by atoms with Crippen molar-refractivity contribution in [1.82, 2.24) is 15.4 Å². The van der Waals surface area contributed by atoms with Gasteiger partial charge in [-0.3, -0.25) is 10.1 Å². The van der Waals surface area contributed by atoms with E-state index in [-0.39, 0.29) is 5.76 Å². The second kappa shape index (κ2) is 6.03. The lowest BCUT2D eigenvalue weighted by molar-refractivity contribution is 0.0990. The number of fused-ring (bicyclic) bond motifs is 1. The zero-order valence-corrected chi connectivity index (χ0v) is 13.6. The Morgan fingerprint density at radius 1 is 1.12 bits per heavy atom. The number of hydrogen-bond acceptors (Lipinski definition) is 6. The summed E-state index contributed by atoms with van der Waals surface area (Å²) >= 11 is 7.23. The van der Waals surface area contributed by atoms with Crippen molar-refractivity contribution < 1.29 is 9.32 Å². The molecule has 0 aliphatic carbocycles. The second-order valence-electron chi connectivity index (χ2n) is 4.91. The zero-order chi connectivity index (χ0) is 16.5. The van der Waals surface area contributed by atoms with Gasteiger partial charge in [0, 0.05) is 10.6 Å². The molecule has 24 heavy (non-hydrogen) atoms. The van der Waals surface area contributed by atoms with Gasteiger partial charge in [0.15, 0.2) is 0 Å². The Balaban J connectivity index is 1.59. The smallest absolute Gasteiger partial charge is 0.296 e. The van der Waals surface area contributed by atoms with Gasteiger partial charge in [-0.2, -0.15) is 0 Å². The normalized spacial score (nSPS) is 10.9. The molecule has 2 heterocycles. The van der Waals surface area contributed by atoms with Crippen LogP contribution in [0.1, 0.15) is 10.6 Å². The Labute approximate surface area is 145 Å². The van der Waals surface area contributed by atoms with E-state index in [2.05, 4.69) is 20.7 Å². The van der Waals surface area contributed by atoms with Crippen molar-refractivity contribution in [3.63, 3.8) is 0 Å². The molecule has 2 aromatic carbocycles. The maximum absolute atomic E-state index is 12.4. The molecule has 0 bridgehead atoms. The molecule has 0 radical (unpaired) electrons. The Hall–Kier alpha value is -2.77. The minimum Gasteiger partial charge on any atom is -0.350 e. The van der Waals surface area contributed by atoms with Gasteiger partial charge in [-0.25, -0.2) is 0 Å². The lowest BCUT2D eigenvalue weighted by Crippen LogP contribution is -2.11. The van der Waals surface area contributed by atoms with E-state index in [1.165, 1.54) is 11.3 Å². The number of nitrogens with one attached hydrogen (secondary N) is 1. The van der Waals surface area contributed by atoms with Crippen molar-refractivity contribution in [2.75, 3.05) is 5.32 Å². The molecule has 4 aromatic rings. The van der Waals surface area contributed by atoms with E-state index in [0.717, 1.165) is 5.56 Å². The molecule has 6 nitrogen and oxygen atoms in total. The van der Waals surface area contributed by atoms with Gasteiger partial charge in [-0.05, 0) is 24.3 Å². The molecular formula is C16H9ClN4O2S. The molecule has 0 spiro atoms. The Morgan fingerprint density at radius 2 is 2.00 bits per heavy atom. The number of amides is 1. The van der Waals surface area contributed by atoms with E-state index in [1.807, 2.05) is 24.3 Å². The molecule has 0 saturated heterocycles. The molecule has 0 fully saturated rings. The van der Waals surface area contributed by atoms with Gasteiger partial charge in [0.2, 0.25) is 10.9 Å². The summed E-state index contributed by atoms with van der Waals surface area (Å²) in [6.07, 6.45) is 0. The molecule has 0 unspecified atom stereocenters. The van der Waals surface area contributed by atoms with Gasteiger partial charge >= 0.3 is 0 Å². The minimum atomic E-state index is -0.419. The lowest BCUT2D eigenvalue weighted by atomic mass is 10.2. The molecule has 0 saturated carbocycles. The standard InChI is InChI=1S/C16H9ClN4O2S/c17-10-5-3-4-9(8-10)15-19-20-16(24-15)18-14(22)13-11-6-1-2-7-12(11)21-23-13/h1-8H,(H,18,20,22). The number of benzene rings is 2. The summed E-state index contributed by atoms with van der Waals surface area (Å²) in [6.45, 7) is 0. The van der Waals surface area contributed by atoms with Crippen LogP contribution in [0.3, 0.4) is 0 Å². The fourth-order valence-corrected chi connectivity index (χ4v) is 3.14. The highest BCUT2D eigenvalue weighted by Gasteiger charge is 2.18. The van der Waals surface area contributed by atoms with Gasteiger partial charge in [0.25, 0.3) is 5.91 Å². The van der Waals surface area contributed by atoms with Crippen LogP contribution in [-0.2, 0) is 0 Å². The second-order valence-corrected chi connectivity index (χ2v) is 6.32. The SMILES string of the molecule is O=C(Nc1nnc(-c2cccc(Cl)c2)s1)c1onc2ccccc12. The van der Waals surface area contributed by atoms with Crippen LogP contribution in [0.15, 0.2) is 53.1 Å². The monoisotopic (exact) mass is 356 g/mol. The molecule has 1 amide bonds. The number of carbonyl (C=O) groups is 1. The highest BCUT2D eigenvalue weighted by atomic mass is 35.5. The number of rotatable bonds is 3. The third-order valence-electron chi connectivity index (χ3n) is 3.31. The van der Waals surface area contributed by atoms with E-state index in [1.54, 1.807) is 24.3 Å². The first-order chi connectivity index (χ1) is 11.7. The van der Waals surface area contributed by atoms with Crippen LogP contribution in [0.2, 0.25) is 5.02 Å². The summed E-state index contributed by atoms with van der Waals surface area (Å²) in [5, 5.41) is 16.9. The van der Waals surface area contributed by atoms with E-state index in [9.17, 15) is 4.79 Å². The quantitative estimate of drug-likeness (QED) is 0.593. The van der Waals surface area contributed by atoms with Crippen molar-refractivity contribution in [2.24, 2.45) is 0 Å². The van der Waals surface area contributed by atoms with Gasteiger partial charge in [-0.1, -0.05) is 52.4 Å². The Morgan fingerprint density at radius 3 is 2.88 bits per heavy atom. The Kier molecular flexibility index (Phi) is 3.72. The molecular weight excluding hydrogens is 348 g/mol. The molecule has 1 N–H and O–H groups in total. The largest absolute Gasteiger partial charge is 0.350 e. The maximum Gasteiger partial charge on any atom is 0.296 e. The summed E-state index contributed by atoms with van der Waals surface area (Å²) in [5.74, 6) is -0.275. The van der Waals surface area contributed by atoms with Crippen LogP contribution in [0.5, 0.6) is 0 Å². The first kappa shape index (κ1) is 14.8. The molecule has 8 heteroatoms. The number of halogens is 1. The number of nitrogens with zero attached hydrogens (tertiary/aromatic N) is 3. The third-order valence-corrected chi connectivity index (χ3v) is 4.43. The number of hydrogen-bond donors (Lipinski definition) is 1. The Bertz CT molecular complexity index is 1040. The third kappa shape index (κ3) is 2.75. The molecule has 0 atom stereocenters. The van der Waals surface area contributed by atoms with Crippen LogP contribution in [0, 0.1) is 0 Å². The minimum absolute atomic E-state index is 0.144. The summed E-state index contributed by atoms with van der Waals surface area (Å²) < 4.78 is 5.13. The van der Waals surface area contributed by atoms with E-state index in [4.69, 9.17) is 16.1 Å². The van der Waals surface area contributed by atoms with E-state index < -0.39 is 5.91 Å². The molecule has 118 valence electrons. The van der Waals surface area contributed by atoms with Crippen LogP contribution in [0.4, 0.5) is 5.13 Å². The van der Waals surface area contributed by atoms with E-state index in [0.29, 0.717) is 26.1 Å². The average Bonchev–Trinajstić information content (AvgIpc) is 3.21. The van der Waals surface area contributed by atoms with E-state index >= 15 is 0 Å². The van der Waals surface area contributed by atoms with Crippen LogP contribution in [-0.4, -0.2) is 21.3 Å². The maximum atomic E-state index is 12.4. The first-order valence-corrected chi connectivity index (χ1v) is 8.15.